The Morgan fingerprint density at radius 1 is 1.25 bits per heavy atom. The number of guanidine groups is 1. The largest absolute Gasteiger partial charge is 0.379 e. The molecule has 0 bridgehead atoms. The number of hydrogen-bond acceptors (Lipinski definition) is 3. The molecule has 0 aromatic rings. The first-order valence-electron chi connectivity index (χ1n) is 9.20. The van der Waals surface area contributed by atoms with Gasteiger partial charge in [-0.15, -0.1) is 24.0 Å². The molecule has 0 aromatic carbocycles. The average molecular weight is 454 g/mol. The van der Waals surface area contributed by atoms with Gasteiger partial charge in [0.1, 0.15) is 0 Å². The Bertz CT molecular complexity index is 349. The summed E-state index contributed by atoms with van der Waals surface area (Å²) in [5.74, 6) is 0.924. The van der Waals surface area contributed by atoms with Gasteiger partial charge in [-0.2, -0.15) is 0 Å². The van der Waals surface area contributed by atoms with Gasteiger partial charge in [0.05, 0.1) is 12.6 Å². The molecule has 1 fully saturated rings. The van der Waals surface area contributed by atoms with Crippen LogP contribution in [0.25, 0.3) is 0 Å². The van der Waals surface area contributed by atoms with Crippen LogP contribution in [0.4, 0.5) is 0 Å². The number of nitrogens with one attached hydrogen (secondary N) is 2. The van der Waals surface area contributed by atoms with Crippen LogP contribution in [0.1, 0.15) is 53.9 Å². The molecule has 0 spiro atoms. The maximum atomic E-state index is 5.60. The Balaban J connectivity index is 0.00000529. The second-order valence-electron chi connectivity index (χ2n) is 7.57. The zero-order valence-electron chi connectivity index (χ0n) is 16.5. The van der Waals surface area contributed by atoms with Crippen molar-refractivity contribution < 1.29 is 4.74 Å². The van der Waals surface area contributed by atoms with E-state index in [0.29, 0.717) is 12.6 Å². The fourth-order valence-corrected chi connectivity index (χ4v) is 3.01. The van der Waals surface area contributed by atoms with E-state index in [4.69, 9.17) is 9.73 Å². The van der Waals surface area contributed by atoms with Crippen molar-refractivity contribution in [2.75, 3.05) is 39.8 Å². The molecular weight excluding hydrogens is 415 g/mol. The SMILES string of the molecule is CCCN1CCC(NC(=NCC(OC)C(C)(C)C)NCC)CC1.I. The molecule has 2 N–H and O–H groups in total. The molecule has 1 aliphatic rings. The molecule has 0 radical (unpaired) electrons. The number of piperidine rings is 1. The Kier molecular flexibility index (Phi) is 12.3. The lowest BCUT2D eigenvalue weighted by atomic mass is 9.89. The zero-order valence-corrected chi connectivity index (χ0v) is 18.9. The summed E-state index contributed by atoms with van der Waals surface area (Å²) in [4.78, 5) is 7.31. The van der Waals surface area contributed by atoms with E-state index >= 15 is 0 Å². The third kappa shape index (κ3) is 8.85. The molecule has 1 atom stereocenters. The van der Waals surface area contributed by atoms with Crippen LogP contribution in [0.5, 0.6) is 0 Å². The van der Waals surface area contributed by atoms with Crippen LogP contribution >= 0.6 is 24.0 Å². The first kappa shape index (κ1) is 23.9. The Labute approximate surface area is 166 Å². The highest BCUT2D eigenvalue weighted by atomic mass is 127. The van der Waals surface area contributed by atoms with Crippen molar-refractivity contribution in [3.63, 3.8) is 0 Å². The number of ether oxygens (including phenoxy) is 1. The monoisotopic (exact) mass is 454 g/mol. The van der Waals surface area contributed by atoms with Gasteiger partial charge in [-0.1, -0.05) is 27.7 Å². The van der Waals surface area contributed by atoms with E-state index in [0.717, 1.165) is 12.5 Å². The van der Waals surface area contributed by atoms with Gasteiger partial charge in [0.2, 0.25) is 0 Å². The summed E-state index contributed by atoms with van der Waals surface area (Å²) in [5, 5.41) is 6.97. The smallest absolute Gasteiger partial charge is 0.191 e. The lowest BCUT2D eigenvalue weighted by Gasteiger charge is -2.33. The summed E-state index contributed by atoms with van der Waals surface area (Å²) in [5.41, 5.74) is 0.0983. The Hall–Kier alpha value is -0.0800. The maximum Gasteiger partial charge on any atom is 0.191 e. The number of halogens is 1. The van der Waals surface area contributed by atoms with Crippen LogP contribution in [0.2, 0.25) is 0 Å². The second kappa shape index (κ2) is 12.3. The van der Waals surface area contributed by atoms with Crippen molar-refractivity contribution in [2.24, 2.45) is 10.4 Å². The molecule has 1 unspecified atom stereocenters. The van der Waals surface area contributed by atoms with Crippen LogP contribution in [-0.2, 0) is 4.74 Å². The van der Waals surface area contributed by atoms with Crippen LogP contribution in [-0.4, -0.2) is 62.8 Å². The van der Waals surface area contributed by atoms with Crippen molar-refractivity contribution in [2.45, 2.75) is 66.0 Å². The van der Waals surface area contributed by atoms with Crippen LogP contribution in [0, 0.1) is 5.41 Å². The summed E-state index contributed by atoms with van der Waals surface area (Å²) >= 11 is 0. The summed E-state index contributed by atoms with van der Waals surface area (Å²) in [6.07, 6.45) is 3.76. The molecule has 1 saturated heterocycles. The van der Waals surface area contributed by atoms with Gasteiger partial charge in [0.15, 0.2) is 5.96 Å². The van der Waals surface area contributed by atoms with Crippen LogP contribution < -0.4 is 10.6 Å². The Morgan fingerprint density at radius 3 is 2.33 bits per heavy atom. The van der Waals surface area contributed by atoms with E-state index in [-0.39, 0.29) is 35.5 Å². The van der Waals surface area contributed by atoms with Crippen molar-refractivity contribution >= 4 is 29.9 Å². The predicted molar refractivity (Wildman–Crippen MR) is 115 cm³/mol. The molecule has 0 amide bonds. The fourth-order valence-electron chi connectivity index (χ4n) is 3.01. The number of methoxy groups -OCH3 is 1. The minimum atomic E-state index is 0. The second-order valence-corrected chi connectivity index (χ2v) is 7.57. The predicted octanol–water partition coefficient (Wildman–Crippen LogP) is 3.10. The van der Waals surface area contributed by atoms with E-state index < -0.39 is 0 Å². The van der Waals surface area contributed by atoms with Crippen molar-refractivity contribution in [3.8, 4) is 0 Å². The highest BCUT2D eigenvalue weighted by Gasteiger charge is 2.24. The fraction of sp³-hybridized carbons (Fsp3) is 0.944. The molecule has 144 valence electrons. The standard InChI is InChI=1S/C18H38N4O.HI/c1-7-11-22-12-9-15(10-13-22)21-17(19-8-2)20-14-16(23-6)18(3,4)5;/h15-16H,7-14H2,1-6H3,(H2,19,20,21);1H. The van der Waals surface area contributed by atoms with Crippen LogP contribution in [0.3, 0.4) is 0 Å². The quantitative estimate of drug-likeness (QED) is 0.353. The number of likely N-dealkylation sites (tertiary alicyclic amines) is 1. The number of hydrogen-bond donors (Lipinski definition) is 2. The molecule has 1 heterocycles. The molecule has 5 nitrogen and oxygen atoms in total. The molecule has 1 rings (SSSR count). The van der Waals surface area contributed by atoms with Gasteiger partial charge in [-0.25, -0.2) is 0 Å². The Morgan fingerprint density at radius 2 is 1.88 bits per heavy atom. The number of aliphatic imine (C=N–C) groups is 1. The van der Waals surface area contributed by atoms with Crippen LogP contribution in [0.15, 0.2) is 4.99 Å². The van der Waals surface area contributed by atoms with Gasteiger partial charge in [-0.05, 0) is 38.1 Å². The van der Waals surface area contributed by atoms with Gasteiger partial charge >= 0.3 is 0 Å². The lowest BCUT2D eigenvalue weighted by molar-refractivity contribution is 0.0241. The maximum absolute atomic E-state index is 5.60. The van der Waals surface area contributed by atoms with E-state index in [9.17, 15) is 0 Å². The van der Waals surface area contributed by atoms with E-state index in [1.807, 2.05) is 0 Å². The average Bonchev–Trinajstić information content (AvgIpc) is 2.49. The molecule has 0 aromatic heterocycles. The first-order chi connectivity index (χ1) is 10.9. The molecule has 1 aliphatic heterocycles. The zero-order chi connectivity index (χ0) is 17.3. The molecular formula is C18H39IN4O. The number of rotatable bonds is 7. The van der Waals surface area contributed by atoms with Gasteiger partial charge in [0.25, 0.3) is 0 Å². The summed E-state index contributed by atoms with van der Waals surface area (Å²) in [7, 11) is 1.77. The number of nitrogens with zero attached hydrogens (tertiary/aromatic N) is 2. The normalized spacial score (nSPS) is 18.8. The first-order valence-corrected chi connectivity index (χ1v) is 9.20. The van der Waals surface area contributed by atoms with E-state index in [2.05, 4.69) is 50.2 Å². The third-order valence-electron chi connectivity index (χ3n) is 4.48. The highest BCUT2D eigenvalue weighted by Crippen LogP contribution is 2.21. The summed E-state index contributed by atoms with van der Waals surface area (Å²) < 4.78 is 5.60. The van der Waals surface area contributed by atoms with Crippen molar-refractivity contribution in [3.05, 3.63) is 0 Å². The van der Waals surface area contributed by atoms with Gasteiger partial charge < -0.3 is 20.3 Å². The molecule has 24 heavy (non-hydrogen) atoms. The minimum absolute atomic E-state index is 0. The van der Waals surface area contributed by atoms with Gasteiger partial charge in [-0.3, -0.25) is 4.99 Å². The molecule has 0 saturated carbocycles. The molecule has 0 aliphatic carbocycles. The van der Waals surface area contributed by atoms with E-state index in [1.165, 1.54) is 38.9 Å². The highest BCUT2D eigenvalue weighted by molar-refractivity contribution is 14.0. The third-order valence-corrected chi connectivity index (χ3v) is 4.48. The summed E-state index contributed by atoms with van der Waals surface area (Å²) in [6, 6.07) is 0.525. The lowest BCUT2D eigenvalue weighted by Crippen LogP contribution is -2.49. The molecule has 6 heteroatoms. The topological polar surface area (TPSA) is 48.9 Å². The van der Waals surface area contributed by atoms with Crippen molar-refractivity contribution in [1.29, 1.82) is 0 Å². The summed E-state index contributed by atoms with van der Waals surface area (Å²) in [6.45, 7) is 16.1. The van der Waals surface area contributed by atoms with Gasteiger partial charge in [0, 0.05) is 32.8 Å². The van der Waals surface area contributed by atoms with E-state index in [1.54, 1.807) is 7.11 Å². The minimum Gasteiger partial charge on any atom is -0.379 e. The van der Waals surface area contributed by atoms with Crippen molar-refractivity contribution in [1.82, 2.24) is 15.5 Å².